The van der Waals surface area contributed by atoms with Crippen LogP contribution in [0.2, 0.25) is 0 Å². The van der Waals surface area contributed by atoms with E-state index in [1.165, 1.54) is 19.5 Å². The first-order chi connectivity index (χ1) is 12.5. The number of rotatable bonds is 6. The second kappa shape index (κ2) is 7.56. The lowest BCUT2D eigenvalue weighted by atomic mass is 10.2. The predicted molar refractivity (Wildman–Crippen MR) is 85.9 cm³/mol. The third kappa shape index (κ3) is 4.39. The molecule has 0 bridgehead atoms. The van der Waals surface area contributed by atoms with Crippen LogP contribution in [0.25, 0.3) is 22.8 Å². The Kier molecular flexibility index (Phi) is 5.21. The van der Waals surface area contributed by atoms with Crippen LogP contribution in [0.3, 0.4) is 0 Å². The van der Waals surface area contributed by atoms with E-state index >= 15 is 0 Å². The van der Waals surface area contributed by atoms with Crippen LogP contribution in [-0.2, 0) is 17.7 Å². The number of ether oxygens (including phenoxy) is 1. The first-order valence-electron chi connectivity index (χ1n) is 7.68. The van der Waals surface area contributed by atoms with E-state index in [2.05, 4.69) is 25.0 Å². The van der Waals surface area contributed by atoms with E-state index in [9.17, 15) is 13.2 Å². The van der Waals surface area contributed by atoms with E-state index in [1.807, 2.05) is 0 Å². The summed E-state index contributed by atoms with van der Waals surface area (Å²) in [5, 5.41) is 3.93. The van der Waals surface area contributed by atoms with Gasteiger partial charge in [-0.3, -0.25) is 4.98 Å². The third-order valence-corrected chi connectivity index (χ3v) is 3.40. The maximum Gasteiger partial charge on any atom is 0.408 e. The summed E-state index contributed by atoms with van der Waals surface area (Å²) in [6, 6.07) is 3.53. The molecule has 0 radical (unpaired) electrons. The van der Waals surface area contributed by atoms with Crippen LogP contribution in [0, 0.1) is 0 Å². The minimum Gasteiger partial charge on any atom is -0.384 e. The van der Waals surface area contributed by atoms with Gasteiger partial charge in [0.25, 0.3) is 0 Å². The molecule has 136 valence electrons. The lowest BCUT2D eigenvalue weighted by molar-refractivity contribution is -0.142. The molecule has 3 aromatic rings. The molecule has 0 unspecified atom stereocenters. The second-order valence-electron chi connectivity index (χ2n) is 5.40. The number of halogens is 3. The Labute approximate surface area is 146 Å². The maximum atomic E-state index is 12.8. The average Bonchev–Trinajstić information content (AvgIpc) is 3.01. The Morgan fingerprint density at radius 3 is 2.50 bits per heavy atom. The number of alkyl halides is 3. The highest BCUT2D eigenvalue weighted by molar-refractivity contribution is 5.57. The first-order valence-corrected chi connectivity index (χ1v) is 7.68. The molecule has 0 aliphatic carbocycles. The Morgan fingerprint density at radius 2 is 1.88 bits per heavy atom. The second-order valence-corrected chi connectivity index (χ2v) is 5.40. The van der Waals surface area contributed by atoms with Gasteiger partial charge in [-0.2, -0.15) is 18.3 Å². The molecule has 3 aromatic heterocycles. The highest BCUT2D eigenvalue weighted by atomic mass is 19.4. The molecule has 3 heterocycles. The zero-order valence-electron chi connectivity index (χ0n) is 13.8. The summed E-state index contributed by atoms with van der Waals surface area (Å²) in [6.07, 6.45) is 1.96. The zero-order chi connectivity index (χ0) is 18.6. The largest absolute Gasteiger partial charge is 0.408 e. The molecule has 0 amide bonds. The summed E-state index contributed by atoms with van der Waals surface area (Å²) in [7, 11) is 1.50. The Morgan fingerprint density at radius 1 is 1.12 bits per heavy atom. The fourth-order valence-electron chi connectivity index (χ4n) is 2.27. The number of hydrogen-bond acceptors (Lipinski definition) is 6. The number of pyridine rings is 1. The summed E-state index contributed by atoms with van der Waals surface area (Å²) in [6.45, 7) is -0.932. The van der Waals surface area contributed by atoms with Crippen molar-refractivity contribution in [2.45, 2.75) is 19.1 Å². The van der Waals surface area contributed by atoms with Crippen molar-refractivity contribution in [3.63, 3.8) is 0 Å². The molecular weight excluding hydrogens is 349 g/mol. The van der Waals surface area contributed by atoms with Gasteiger partial charge in [-0.15, -0.1) is 0 Å². The van der Waals surface area contributed by atoms with E-state index in [0.717, 1.165) is 4.68 Å². The van der Waals surface area contributed by atoms with Crippen molar-refractivity contribution >= 4 is 0 Å². The first kappa shape index (κ1) is 17.9. The van der Waals surface area contributed by atoms with E-state index in [0.29, 0.717) is 30.0 Å². The number of nitrogens with zero attached hydrogens (tertiary/aromatic N) is 6. The van der Waals surface area contributed by atoms with Crippen molar-refractivity contribution < 1.29 is 17.9 Å². The molecule has 0 saturated heterocycles. The lowest BCUT2D eigenvalue weighted by Crippen LogP contribution is -2.19. The van der Waals surface area contributed by atoms with Crippen molar-refractivity contribution in [3.05, 3.63) is 42.7 Å². The van der Waals surface area contributed by atoms with E-state index in [1.54, 1.807) is 24.5 Å². The predicted octanol–water partition coefficient (Wildman–Crippen LogP) is 2.55. The molecule has 0 aliphatic heterocycles. The van der Waals surface area contributed by atoms with Gasteiger partial charge in [0.15, 0.2) is 17.5 Å². The molecule has 0 aliphatic rings. The minimum atomic E-state index is -4.42. The maximum absolute atomic E-state index is 12.8. The summed E-state index contributed by atoms with van der Waals surface area (Å²) < 4.78 is 44.2. The van der Waals surface area contributed by atoms with Crippen LogP contribution in [0.5, 0.6) is 0 Å². The van der Waals surface area contributed by atoms with Gasteiger partial charge in [0.05, 0.1) is 12.2 Å². The van der Waals surface area contributed by atoms with Crippen LogP contribution in [0.1, 0.15) is 5.82 Å². The quantitative estimate of drug-likeness (QED) is 0.669. The number of hydrogen-bond donors (Lipinski definition) is 0. The highest BCUT2D eigenvalue weighted by Crippen LogP contribution is 2.23. The molecule has 0 aromatic carbocycles. The SMILES string of the molecule is COCCc1nc(-c2cnc(-c3cccnc3)nc2)n(CC(F)(F)F)n1. The third-order valence-electron chi connectivity index (χ3n) is 3.40. The van der Waals surface area contributed by atoms with E-state index < -0.39 is 12.7 Å². The Balaban J connectivity index is 1.92. The van der Waals surface area contributed by atoms with E-state index in [-0.39, 0.29) is 11.6 Å². The Bertz CT molecular complexity index is 849. The van der Waals surface area contributed by atoms with E-state index in [4.69, 9.17) is 4.74 Å². The highest BCUT2D eigenvalue weighted by Gasteiger charge is 2.30. The van der Waals surface area contributed by atoms with Crippen LogP contribution < -0.4 is 0 Å². The van der Waals surface area contributed by atoms with Gasteiger partial charge >= 0.3 is 6.18 Å². The fourth-order valence-corrected chi connectivity index (χ4v) is 2.27. The smallest absolute Gasteiger partial charge is 0.384 e. The standard InChI is InChI=1S/C16H15F3N6O/c1-26-6-4-13-23-15(25(24-13)10-16(17,18)19)12-8-21-14(22-9-12)11-3-2-5-20-7-11/h2-3,5,7-9H,4,6,10H2,1H3. The normalized spacial score (nSPS) is 11.7. The number of aromatic nitrogens is 6. The molecular formula is C16H15F3N6O. The molecule has 0 saturated carbocycles. The zero-order valence-corrected chi connectivity index (χ0v) is 13.8. The topological polar surface area (TPSA) is 78.6 Å². The summed E-state index contributed by atoms with van der Waals surface area (Å²) in [4.78, 5) is 16.6. The van der Waals surface area contributed by atoms with Gasteiger partial charge in [-0.1, -0.05) is 0 Å². The van der Waals surface area contributed by atoms with Crippen molar-refractivity contribution in [1.82, 2.24) is 29.7 Å². The van der Waals surface area contributed by atoms with Gasteiger partial charge < -0.3 is 4.74 Å². The van der Waals surface area contributed by atoms with Gasteiger partial charge in [0, 0.05) is 43.9 Å². The van der Waals surface area contributed by atoms with Gasteiger partial charge in [0.1, 0.15) is 6.54 Å². The molecule has 10 heteroatoms. The molecule has 0 N–H and O–H groups in total. The van der Waals surface area contributed by atoms with Gasteiger partial charge in [-0.05, 0) is 12.1 Å². The van der Waals surface area contributed by atoms with Gasteiger partial charge in [0.2, 0.25) is 0 Å². The Hall–Kier alpha value is -2.88. The fraction of sp³-hybridized carbons (Fsp3) is 0.312. The average molecular weight is 364 g/mol. The monoisotopic (exact) mass is 364 g/mol. The van der Waals surface area contributed by atoms with Crippen LogP contribution in [0.15, 0.2) is 36.9 Å². The molecule has 0 atom stereocenters. The molecule has 26 heavy (non-hydrogen) atoms. The van der Waals surface area contributed by atoms with Gasteiger partial charge in [-0.25, -0.2) is 19.6 Å². The number of methoxy groups -OCH3 is 1. The molecule has 3 rings (SSSR count). The summed E-state index contributed by atoms with van der Waals surface area (Å²) in [5.74, 6) is 0.747. The van der Waals surface area contributed by atoms with Crippen molar-refractivity contribution in [1.29, 1.82) is 0 Å². The van der Waals surface area contributed by atoms with Crippen molar-refractivity contribution in [2.75, 3.05) is 13.7 Å². The van der Waals surface area contributed by atoms with Crippen LogP contribution >= 0.6 is 0 Å². The van der Waals surface area contributed by atoms with Crippen LogP contribution in [0.4, 0.5) is 13.2 Å². The van der Waals surface area contributed by atoms with Crippen molar-refractivity contribution in [2.24, 2.45) is 0 Å². The summed E-state index contributed by atoms with van der Waals surface area (Å²) in [5.41, 5.74) is 1.05. The minimum absolute atomic E-state index is 0.0613. The summed E-state index contributed by atoms with van der Waals surface area (Å²) >= 11 is 0. The van der Waals surface area contributed by atoms with Crippen molar-refractivity contribution in [3.8, 4) is 22.8 Å². The molecule has 7 nitrogen and oxygen atoms in total. The molecule has 0 fully saturated rings. The molecule has 0 spiro atoms. The van der Waals surface area contributed by atoms with Crippen LogP contribution in [-0.4, -0.2) is 49.6 Å². The lowest BCUT2D eigenvalue weighted by Gasteiger charge is -2.09.